The third-order valence-electron chi connectivity index (χ3n) is 5.17. The van der Waals surface area contributed by atoms with Gasteiger partial charge >= 0.3 is 0 Å². The lowest BCUT2D eigenvalue weighted by atomic mass is 10.0. The molecule has 0 radical (unpaired) electrons. The summed E-state index contributed by atoms with van der Waals surface area (Å²) in [6, 6.07) is 7.80. The Morgan fingerprint density at radius 1 is 0.962 bits per heavy atom. The number of hydrogen-bond acceptors (Lipinski definition) is 3. The van der Waals surface area contributed by atoms with Gasteiger partial charge in [-0.05, 0) is 26.2 Å². The minimum atomic E-state index is -0.0606. The molecule has 1 aromatic rings. The molecule has 0 amide bonds. The molecule has 2 unspecified atom stereocenters. The van der Waals surface area contributed by atoms with Crippen molar-refractivity contribution >= 4 is 5.78 Å². The molecule has 1 heterocycles. The third-order valence-corrected chi connectivity index (χ3v) is 5.17. The Morgan fingerprint density at radius 2 is 1.62 bits per heavy atom. The highest BCUT2D eigenvalue weighted by Crippen LogP contribution is 2.21. The van der Waals surface area contributed by atoms with Crippen LogP contribution < -0.4 is 0 Å². The summed E-state index contributed by atoms with van der Waals surface area (Å²) in [5.41, 5.74) is 1.97. The molecule has 0 aliphatic carbocycles. The molecular formula is C23H36O3. The van der Waals surface area contributed by atoms with E-state index in [0.717, 1.165) is 18.4 Å². The van der Waals surface area contributed by atoms with Crippen molar-refractivity contribution in [3.63, 3.8) is 0 Å². The Hall–Kier alpha value is -1.19. The number of unbranched alkanes of at least 4 members (excludes halogenated alkanes) is 7. The van der Waals surface area contributed by atoms with Gasteiger partial charge < -0.3 is 9.47 Å². The number of ketones is 1. The second-order valence-electron chi connectivity index (χ2n) is 7.61. The topological polar surface area (TPSA) is 35.5 Å². The maximum absolute atomic E-state index is 12.2. The quantitative estimate of drug-likeness (QED) is 0.309. The highest BCUT2D eigenvalue weighted by Gasteiger charge is 2.25. The van der Waals surface area contributed by atoms with Gasteiger partial charge in [0, 0.05) is 12.0 Å². The number of aryl methyl sites for hydroxylation is 1. The van der Waals surface area contributed by atoms with Gasteiger partial charge in [0.05, 0.1) is 12.7 Å². The fourth-order valence-electron chi connectivity index (χ4n) is 3.43. The molecule has 146 valence electrons. The number of Topliss-reactive ketones (excluding diaryl/α,β-unsaturated/α-hetero) is 1. The van der Waals surface area contributed by atoms with Gasteiger partial charge in [0.2, 0.25) is 0 Å². The van der Waals surface area contributed by atoms with E-state index < -0.39 is 0 Å². The van der Waals surface area contributed by atoms with Crippen LogP contribution in [-0.2, 0) is 9.47 Å². The number of carbonyl (C=O) groups excluding carboxylic acids is 1. The lowest BCUT2D eigenvalue weighted by Crippen LogP contribution is -2.14. The first-order chi connectivity index (χ1) is 12.7. The molecule has 3 nitrogen and oxygen atoms in total. The van der Waals surface area contributed by atoms with Crippen LogP contribution >= 0.6 is 0 Å². The minimum absolute atomic E-state index is 0.0606. The van der Waals surface area contributed by atoms with Crippen molar-refractivity contribution in [2.75, 3.05) is 6.61 Å². The van der Waals surface area contributed by atoms with Gasteiger partial charge in [-0.25, -0.2) is 0 Å². The largest absolute Gasteiger partial charge is 0.350 e. The average Bonchev–Trinajstić information content (AvgIpc) is 3.10. The molecule has 0 bridgehead atoms. The van der Waals surface area contributed by atoms with E-state index in [0.29, 0.717) is 13.0 Å². The molecule has 1 saturated heterocycles. The monoisotopic (exact) mass is 360 g/mol. The standard InChI is InChI=1S/C23H36O3/c1-3-4-5-6-7-8-9-10-11-23-25-18-21(26-23)16-17-22(24)20-14-12-19(2)13-15-20/h12-15,21,23H,3-11,16-18H2,1-2H3. The first kappa shape index (κ1) is 21.1. The Morgan fingerprint density at radius 3 is 2.31 bits per heavy atom. The van der Waals surface area contributed by atoms with E-state index >= 15 is 0 Å². The Bertz CT molecular complexity index is 509. The van der Waals surface area contributed by atoms with Gasteiger partial charge in [-0.1, -0.05) is 81.7 Å². The van der Waals surface area contributed by atoms with Crippen LogP contribution in [0.25, 0.3) is 0 Å². The normalized spacial score (nSPS) is 19.8. The molecule has 0 N–H and O–H groups in total. The molecule has 3 heteroatoms. The van der Waals surface area contributed by atoms with Gasteiger partial charge in [-0.2, -0.15) is 0 Å². The summed E-state index contributed by atoms with van der Waals surface area (Å²) < 4.78 is 11.7. The van der Waals surface area contributed by atoms with Crippen molar-refractivity contribution in [1.29, 1.82) is 0 Å². The number of rotatable bonds is 13. The lowest BCUT2D eigenvalue weighted by Gasteiger charge is -2.11. The van der Waals surface area contributed by atoms with Crippen LogP contribution in [0.4, 0.5) is 0 Å². The molecule has 1 aromatic carbocycles. The molecule has 1 fully saturated rings. The Labute approximate surface area is 159 Å². The molecule has 0 saturated carbocycles. The second-order valence-corrected chi connectivity index (χ2v) is 7.61. The van der Waals surface area contributed by atoms with Crippen LogP contribution in [0, 0.1) is 6.92 Å². The summed E-state index contributed by atoms with van der Waals surface area (Å²) >= 11 is 0. The van der Waals surface area contributed by atoms with E-state index in [9.17, 15) is 4.79 Å². The molecule has 1 aliphatic heterocycles. The van der Waals surface area contributed by atoms with E-state index in [-0.39, 0.29) is 18.2 Å². The molecule has 1 aliphatic rings. The van der Waals surface area contributed by atoms with Crippen LogP contribution in [0.3, 0.4) is 0 Å². The van der Waals surface area contributed by atoms with Crippen LogP contribution in [0.1, 0.15) is 93.5 Å². The van der Waals surface area contributed by atoms with Gasteiger partial charge in [0.25, 0.3) is 0 Å². The second kappa shape index (κ2) is 12.2. The van der Waals surface area contributed by atoms with Crippen LogP contribution in [-0.4, -0.2) is 24.8 Å². The van der Waals surface area contributed by atoms with Crippen molar-refractivity contribution in [3.8, 4) is 0 Å². The van der Waals surface area contributed by atoms with Crippen molar-refractivity contribution in [2.24, 2.45) is 0 Å². The maximum atomic E-state index is 12.2. The number of hydrogen-bond donors (Lipinski definition) is 0. The smallest absolute Gasteiger partial charge is 0.162 e. The number of benzene rings is 1. The van der Waals surface area contributed by atoms with Gasteiger partial charge in [-0.3, -0.25) is 4.79 Å². The number of ether oxygens (including phenoxy) is 2. The molecule has 2 rings (SSSR count). The Kier molecular flexibility index (Phi) is 9.94. The zero-order chi connectivity index (χ0) is 18.6. The summed E-state index contributed by atoms with van der Waals surface area (Å²) in [7, 11) is 0. The van der Waals surface area contributed by atoms with Crippen molar-refractivity contribution < 1.29 is 14.3 Å². The van der Waals surface area contributed by atoms with Crippen LogP contribution in [0.15, 0.2) is 24.3 Å². The minimum Gasteiger partial charge on any atom is -0.350 e. The maximum Gasteiger partial charge on any atom is 0.162 e. The summed E-state index contributed by atoms with van der Waals surface area (Å²) in [6.45, 7) is 4.92. The fourth-order valence-corrected chi connectivity index (χ4v) is 3.43. The predicted octanol–water partition coefficient (Wildman–Crippen LogP) is 6.23. The summed E-state index contributed by atoms with van der Waals surface area (Å²) in [5.74, 6) is 0.195. The number of carbonyl (C=O) groups is 1. The lowest BCUT2D eigenvalue weighted by molar-refractivity contribution is -0.0640. The summed E-state index contributed by atoms with van der Waals surface area (Å²) in [5, 5.41) is 0. The highest BCUT2D eigenvalue weighted by atomic mass is 16.7. The summed E-state index contributed by atoms with van der Waals surface area (Å²) in [4.78, 5) is 12.2. The van der Waals surface area contributed by atoms with Crippen LogP contribution in [0.5, 0.6) is 0 Å². The van der Waals surface area contributed by atoms with Crippen molar-refractivity contribution in [1.82, 2.24) is 0 Å². The SMILES string of the molecule is CCCCCCCCCCC1OCC(CCC(=O)c2ccc(C)cc2)O1. The fraction of sp³-hybridized carbons (Fsp3) is 0.696. The molecule has 0 aromatic heterocycles. The molecule has 0 spiro atoms. The summed E-state index contributed by atoms with van der Waals surface area (Å²) in [6.07, 6.45) is 12.8. The van der Waals surface area contributed by atoms with Gasteiger partial charge in [0.15, 0.2) is 12.1 Å². The third kappa shape index (κ3) is 8.01. The zero-order valence-corrected chi connectivity index (χ0v) is 16.7. The van der Waals surface area contributed by atoms with E-state index in [4.69, 9.17) is 9.47 Å². The predicted molar refractivity (Wildman–Crippen MR) is 107 cm³/mol. The molecule has 26 heavy (non-hydrogen) atoms. The van der Waals surface area contributed by atoms with Gasteiger partial charge in [-0.15, -0.1) is 0 Å². The van der Waals surface area contributed by atoms with Crippen molar-refractivity contribution in [2.45, 2.75) is 96.9 Å². The van der Waals surface area contributed by atoms with Crippen molar-refractivity contribution in [3.05, 3.63) is 35.4 Å². The Balaban J connectivity index is 1.52. The first-order valence-corrected chi connectivity index (χ1v) is 10.6. The van der Waals surface area contributed by atoms with E-state index in [2.05, 4.69) is 6.92 Å². The highest BCUT2D eigenvalue weighted by molar-refractivity contribution is 5.96. The molecular weight excluding hydrogens is 324 g/mol. The average molecular weight is 361 g/mol. The van der Waals surface area contributed by atoms with Crippen LogP contribution in [0.2, 0.25) is 0 Å². The van der Waals surface area contributed by atoms with E-state index in [1.54, 1.807) is 0 Å². The molecule has 2 atom stereocenters. The zero-order valence-electron chi connectivity index (χ0n) is 16.7. The van der Waals surface area contributed by atoms with E-state index in [1.807, 2.05) is 31.2 Å². The first-order valence-electron chi connectivity index (χ1n) is 10.6. The van der Waals surface area contributed by atoms with E-state index in [1.165, 1.54) is 56.9 Å². The van der Waals surface area contributed by atoms with Gasteiger partial charge in [0.1, 0.15) is 0 Å².